The van der Waals surface area contributed by atoms with Crippen molar-refractivity contribution in [3.05, 3.63) is 222 Å². The maximum Gasteiger partial charge on any atom is 0.0468 e. The fourth-order valence-electron chi connectivity index (χ4n) is 9.59. The van der Waals surface area contributed by atoms with Crippen molar-refractivity contribution in [1.29, 1.82) is 0 Å². The Morgan fingerprint density at radius 1 is 0.339 bits per heavy atom. The number of nitrogens with zero attached hydrogens (tertiary/aromatic N) is 1. The van der Waals surface area contributed by atoms with E-state index >= 15 is 0 Å². The number of anilines is 3. The number of rotatable bonds is 7. The van der Waals surface area contributed by atoms with E-state index in [-0.39, 0.29) is 0 Å². The van der Waals surface area contributed by atoms with Crippen molar-refractivity contribution in [2.75, 3.05) is 4.90 Å². The van der Waals surface area contributed by atoms with Crippen molar-refractivity contribution in [1.82, 2.24) is 0 Å². The highest BCUT2D eigenvalue weighted by molar-refractivity contribution is 6.13. The first kappa shape index (κ1) is 35.0. The first-order chi connectivity index (χ1) is 29.3. The molecule has 11 rings (SSSR count). The van der Waals surface area contributed by atoms with Crippen LogP contribution in [0.5, 0.6) is 0 Å². The van der Waals surface area contributed by atoms with Gasteiger partial charge in [0.2, 0.25) is 0 Å². The van der Waals surface area contributed by atoms with Crippen molar-refractivity contribution in [2.24, 2.45) is 0 Å². The van der Waals surface area contributed by atoms with E-state index in [2.05, 4.69) is 217 Å². The Kier molecular flexibility index (Phi) is 8.86. The predicted molar refractivity (Wildman–Crippen MR) is 253 cm³/mol. The zero-order valence-electron chi connectivity index (χ0n) is 33.0. The van der Waals surface area contributed by atoms with Crippen molar-refractivity contribution >= 4 is 50.8 Å². The van der Waals surface area contributed by atoms with Gasteiger partial charge in [0, 0.05) is 17.1 Å². The quantitative estimate of drug-likeness (QED) is 0.147. The van der Waals surface area contributed by atoms with Gasteiger partial charge in [-0.1, -0.05) is 164 Å². The molecule has 0 saturated heterocycles. The molecule has 0 spiro atoms. The Bertz CT molecular complexity index is 3080. The van der Waals surface area contributed by atoms with Gasteiger partial charge in [-0.3, -0.25) is 0 Å². The molecule has 0 radical (unpaired) electrons. The second kappa shape index (κ2) is 14.9. The zero-order valence-corrected chi connectivity index (χ0v) is 33.0. The molecule has 0 heterocycles. The molecule has 0 unspecified atom stereocenters. The summed E-state index contributed by atoms with van der Waals surface area (Å²) in [7, 11) is 0. The van der Waals surface area contributed by atoms with Gasteiger partial charge in [-0.15, -0.1) is 0 Å². The van der Waals surface area contributed by atoms with Crippen LogP contribution in [0.1, 0.15) is 35.1 Å². The number of fused-ring (bicyclic) bond motifs is 6. The molecule has 0 atom stereocenters. The van der Waals surface area contributed by atoms with Crippen molar-refractivity contribution in [3.63, 3.8) is 0 Å². The second-order valence-corrected chi connectivity index (χ2v) is 15.9. The van der Waals surface area contributed by atoms with Crippen LogP contribution in [0.15, 0.2) is 200 Å². The molecule has 280 valence electrons. The van der Waals surface area contributed by atoms with Crippen molar-refractivity contribution < 1.29 is 0 Å². The number of benzene rings is 9. The van der Waals surface area contributed by atoms with Gasteiger partial charge in [0.15, 0.2) is 0 Å². The smallest absolute Gasteiger partial charge is 0.0468 e. The standard InChI is InChI=1S/C58H43N/c1-3-16-40(17-4-1)51-35-34-48(39-58(51)41-18-5-2-6-19-41)59(46-32-30-42(31-33-46)56-37-44-20-7-9-24-49(44)52-26-11-13-28-54(52)56)47-23-15-22-43(36-47)57-38-45-21-8-10-25-50(45)53-27-12-14-29-55(53)57/h1-9,11,13-24,26,28-39H,10,12,25,27H2. The lowest BCUT2D eigenvalue weighted by Crippen LogP contribution is -2.11. The van der Waals surface area contributed by atoms with Crippen LogP contribution < -0.4 is 4.90 Å². The minimum absolute atomic E-state index is 1.11. The summed E-state index contributed by atoms with van der Waals surface area (Å²) in [4.78, 5) is 2.44. The maximum absolute atomic E-state index is 2.44. The fourth-order valence-corrected chi connectivity index (χ4v) is 9.59. The van der Waals surface area contributed by atoms with Crippen LogP contribution in [-0.2, 0) is 12.8 Å². The van der Waals surface area contributed by atoms with E-state index in [1.165, 1.54) is 82.7 Å². The fraction of sp³-hybridized carbons (Fsp3) is 0.0690. The monoisotopic (exact) mass is 753 g/mol. The van der Waals surface area contributed by atoms with Crippen LogP contribution in [0.2, 0.25) is 0 Å². The minimum Gasteiger partial charge on any atom is -0.310 e. The molecule has 1 heteroatoms. The summed E-state index contributed by atoms with van der Waals surface area (Å²) in [5, 5.41) is 5.09. The number of hydrogen-bond donors (Lipinski definition) is 0. The number of allylic oxidation sites excluding steroid dienone is 2. The van der Waals surface area contributed by atoms with Crippen LogP contribution in [0.25, 0.3) is 78.2 Å². The third-order valence-corrected chi connectivity index (χ3v) is 12.4. The van der Waals surface area contributed by atoms with E-state index in [9.17, 15) is 0 Å². The van der Waals surface area contributed by atoms with Crippen LogP contribution in [0, 0.1) is 0 Å². The highest BCUT2D eigenvalue weighted by atomic mass is 15.1. The second-order valence-electron chi connectivity index (χ2n) is 15.9. The highest BCUT2D eigenvalue weighted by Gasteiger charge is 2.22. The molecular weight excluding hydrogens is 711 g/mol. The SMILES string of the molecule is C1=Cc2cc(-c3cccc(N(c4ccc(-c5cc6ccccc6c6ccccc56)cc4)c4ccc(-c5ccccc5)c(-c5ccccc5)c4)c3)c3c(c2CC1)CCC=C3. The van der Waals surface area contributed by atoms with Gasteiger partial charge in [-0.25, -0.2) is 0 Å². The van der Waals surface area contributed by atoms with Gasteiger partial charge in [0.25, 0.3) is 0 Å². The van der Waals surface area contributed by atoms with E-state index in [1.807, 2.05) is 0 Å². The summed E-state index contributed by atoms with van der Waals surface area (Å²) in [6.07, 6.45) is 13.9. The van der Waals surface area contributed by atoms with Crippen LogP contribution in [0.3, 0.4) is 0 Å². The summed E-state index contributed by atoms with van der Waals surface area (Å²) in [5.41, 5.74) is 19.0. The Morgan fingerprint density at radius 3 is 1.75 bits per heavy atom. The first-order valence-corrected chi connectivity index (χ1v) is 20.9. The van der Waals surface area contributed by atoms with Gasteiger partial charge >= 0.3 is 0 Å². The van der Waals surface area contributed by atoms with E-state index < -0.39 is 0 Å². The molecule has 0 N–H and O–H groups in total. The first-order valence-electron chi connectivity index (χ1n) is 20.9. The third-order valence-electron chi connectivity index (χ3n) is 12.4. The predicted octanol–water partition coefficient (Wildman–Crippen LogP) is 16.0. The zero-order chi connectivity index (χ0) is 39.1. The van der Waals surface area contributed by atoms with Crippen molar-refractivity contribution in [3.8, 4) is 44.5 Å². The lowest BCUT2D eigenvalue weighted by molar-refractivity contribution is 0.906. The molecule has 0 aliphatic heterocycles. The molecule has 1 nitrogen and oxygen atoms in total. The molecule has 0 fully saturated rings. The Hall–Kier alpha value is -7.22. The minimum atomic E-state index is 1.11. The summed E-state index contributed by atoms with van der Waals surface area (Å²) in [6.45, 7) is 0. The third kappa shape index (κ3) is 6.37. The van der Waals surface area contributed by atoms with Crippen molar-refractivity contribution in [2.45, 2.75) is 25.7 Å². The topological polar surface area (TPSA) is 3.24 Å². The lowest BCUT2D eigenvalue weighted by Gasteiger charge is -2.28. The van der Waals surface area contributed by atoms with Gasteiger partial charge in [-0.2, -0.15) is 0 Å². The van der Waals surface area contributed by atoms with Crippen LogP contribution in [-0.4, -0.2) is 0 Å². The number of hydrogen-bond acceptors (Lipinski definition) is 1. The van der Waals surface area contributed by atoms with E-state index in [0.29, 0.717) is 0 Å². The largest absolute Gasteiger partial charge is 0.310 e. The van der Waals surface area contributed by atoms with Crippen LogP contribution in [0.4, 0.5) is 17.1 Å². The highest BCUT2D eigenvalue weighted by Crippen LogP contribution is 2.44. The van der Waals surface area contributed by atoms with E-state index in [4.69, 9.17) is 0 Å². The average Bonchev–Trinajstić information content (AvgIpc) is 3.32. The molecule has 2 aliphatic carbocycles. The Balaban J connectivity index is 1.09. The van der Waals surface area contributed by atoms with Gasteiger partial charge < -0.3 is 4.90 Å². The lowest BCUT2D eigenvalue weighted by atomic mass is 9.81. The van der Waals surface area contributed by atoms with E-state index in [1.54, 1.807) is 5.56 Å². The molecule has 0 saturated carbocycles. The van der Waals surface area contributed by atoms with Gasteiger partial charge in [-0.05, 0) is 163 Å². The molecule has 0 amide bonds. The van der Waals surface area contributed by atoms with Gasteiger partial charge in [0.1, 0.15) is 0 Å². The average molecular weight is 754 g/mol. The summed E-state index contributed by atoms with van der Waals surface area (Å²) < 4.78 is 0. The summed E-state index contributed by atoms with van der Waals surface area (Å²) >= 11 is 0. The summed E-state index contributed by atoms with van der Waals surface area (Å²) in [6, 6.07) is 69.3. The molecular formula is C58H43N. The molecule has 59 heavy (non-hydrogen) atoms. The Morgan fingerprint density at radius 2 is 0.949 bits per heavy atom. The van der Waals surface area contributed by atoms with Gasteiger partial charge in [0.05, 0.1) is 0 Å². The molecule has 2 aliphatic rings. The molecule has 9 aromatic carbocycles. The maximum atomic E-state index is 2.44. The Labute approximate surface area is 346 Å². The van der Waals surface area contributed by atoms with Crippen LogP contribution >= 0.6 is 0 Å². The molecule has 9 aromatic rings. The van der Waals surface area contributed by atoms with E-state index in [0.717, 1.165) is 42.7 Å². The summed E-state index contributed by atoms with van der Waals surface area (Å²) in [5.74, 6) is 0. The molecule has 0 aromatic heterocycles. The molecule has 0 bridgehead atoms. The normalized spacial score (nSPS) is 13.0.